The van der Waals surface area contributed by atoms with E-state index in [-0.39, 0.29) is 40.3 Å². The van der Waals surface area contributed by atoms with E-state index >= 15 is 0 Å². The fraction of sp³-hybridized carbons (Fsp3) is 0.969. The first-order chi connectivity index (χ1) is 17.6. The number of ether oxygens (including phenoxy) is 3. The van der Waals surface area contributed by atoms with E-state index in [9.17, 15) is 15.0 Å². The van der Waals surface area contributed by atoms with Crippen LogP contribution in [0.4, 0.5) is 0 Å². The van der Waals surface area contributed by atoms with Crippen LogP contribution >= 0.6 is 0 Å². The van der Waals surface area contributed by atoms with Crippen molar-refractivity contribution in [3.8, 4) is 0 Å². The molecule has 2 heterocycles. The topological polar surface area (TPSA) is 88.5 Å². The van der Waals surface area contributed by atoms with Crippen molar-refractivity contribution in [1.29, 1.82) is 0 Å². The highest BCUT2D eigenvalue weighted by Gasteiger charge is 2.97. The molecule has 2 saturated heterocycles. The number of rotatable bonds is 7. The number of carbonyl (C=O) groups excluding carboxylic acids is 1. The van der Waals surface area contributed by atoms with Crippen LogP contribution in [-0.4, -0.2) is 57.9 Å². The first-order valence-electron chi connectivity index (χ1n) is 15.5. The van der Waals surface area contributed by atoms with E-state index in [0.29, 0.717) is 24.9 Å². The lowest BCUT2D eigenvalue weighted by atomic mass is 9.36. The second-order valence-electron chi connectivity index (χ2n) is 15.7. The zero-order chi connectivity index (χ0) is 27.7. The van der Waals surface area contributed by atoms with Crippen LogP contribution in [0.5, 0.6) is 0 Å². The van der Waals surface area contributed by atoms with Crippen LogP contribution in [0.15, 0.2) is 0 Å². The summed E-state index contributed by atoms with van der Waals surface area (Å²) in [4.78, 5) is 14.3. The Labute approximate surface area is 229 Å². The molecule has 2 aliphatic heterocycles. The summed E-state index contributed by atoms with van der Waals surface area (Å²) < 4.78 is 19.5. The predicted molar refractivity (Wildman–Crippen MR) is 144 cm³/mol. The Bertz CT molecular complexity index is 1010. The van der Waals surface area contributed by atoms with Crippen LogP contribution in [0.3, 0.4) is 0 Å². The molecule has 6 heteroatoms. The summed E-state index contributed by atoms with van der Waals surface area (Å²) in [5, 5.41) is 21.9. The van der Waals surface area contributed by atoms with Crippen molar-refractivity contribution in [3.05, 3.63) is 0 Å². The third-order valence-corrected chi connectivity index (χ3v) is 13.9. The maximum atomic E-state index is 14.3. The van der Waals surface area contributed by atoms with Crippen molar-refractivity contribution in [2.75, 3.05) is 6.61 Å². The van der Waals surface area contributed by atoms with Gasteiger partial charge in [0.1, 0.15) is 5.41 Å². The van der Waals surface area contributed by atoms with Crippen molar-refractivity contribution in [1.82, 2.24) is 0 Å². The maximum Gasteiger partial charge on any atom is 0.316 e. The fourth-order valence-electron chi connectivity index (χ4n) is 11.7. The number of fused-ring (bicyclic) bond motifs is 1. The molecule has 0 radical (unpaired) electrons. The summed E-state index contributed by atoms with van der Waals surface area (Å²) in [6.07, 6.45) is 7.04. The highest BCUT2D eigenvalue weighted by Crippen LogP contribution is 2.86. The number of hydrogen-bond acceptors (Lipinski definition) is 6. The van der Waals surface area contributed by atoms with Gasteiger partial charge >= 0.3 is 5.97 Å². The number of aliphatic hydroxyl groups is 2. The molecule has 6 rings (SSSR count). The number of carbonyl (C=O) groups is 1. The molecule has 38 heavy (non-hydrogen) atoms. The van der Waals surface area contributed by atoms with Gasteiger partial charge in [0.2, 0.25) is 0 Å². The van der Waals surface area contributed by atoms with Crippen molar-refractivity contribution >= 4 is 5.97 Å². The van der Waals surface area contributed by atoms with Gasteiger partial charge in [-0.05, 0) is 107 Å². The molecule has 0 aromatic rings. The molecule has 6 aliphatic rings. The normalized spacial score (nSPS) is 51.8. The van der Waals surface area contributed by atoms with E-state index in [1.807, 2.05) is 20.8 Å². The van der Waals surface area contributed by atoms with Gasteiger partial charge in [0.25, 0.3) is 0 Å². The summed E-state index contributed by atoms with van der Waals surface area (Å²) in [5.74, 6) is 1.04. The minimum absolute atomic E-state index is 0.00184. The molecular formula is C32H52O6. The average Bonchev–Trinajstić information content (AvgIpc) is 3.44. The quantitative estimate of drug-likeness (QED) is 0.336. The number of epoxide rings is 1. The van der Waals surface area contributed by atoms with Crippen LogP contribution in [0, 0.1) is 39.4 Å². The van der Waals surface area contributed by atoms with Gasteiger partial charge in [-0.2, -0.15) is 0 Å². The van der Waals surface area contributed by atoms with Crippen LogP contribution in [0.1, 0.15) is 113 Å². The lowest BCUT2D eigenvalue weighted by Crippen LogP contribution is -2.73. The molecule has 0 aromatic heterocycles. The van der Waals surface area contributed by atoms with Gasteiger partial charge in [0.15, 0.2) is 11.2 Å². The monoisotopic (exact) mass is 532 g/mol. The minimum atomic E-state index is -0.586. The van der Waals surface area contributed by atoms with E-state index in [1.54, 1.807) is 0 Å². The highest BCUT2D eigenvalue weighted by molar-refractivity contribution is 5.87. The third-order valence-electron chi connectivity index (χ3n) is 13.9. The lowest BCUT2D eigenvalue weighted by Gasteiger charge is -2.65. The minimum Gasteiger partial charge on any atom is -0.455 e. The summed E-state index contributed by atoms with van der Waals surface area (Å²) in [5.41, 5.74) is -2.84. The predicted octanol–water partition coefficient (Wildman–Crippen LogP) is 5.42. The van der Waals surface area contributed by atoms with Gasteiger partial charge in [-0.15, -0.1) is 0 Å². The van der Waals surface area contributed by atoms with Crippen LogP contribution in [-0.2, 0) is 19.0 Å². The van der Waals surface area contributed by atoms with Crippen LogP contribution in [0.2, 0.25) is 0 Å². The fourth-order valence-corrected chi connectivity index (χ4v) is 11.7. The summed E-state index contributed by atoms with van der Waals surface area (Å²) in [7, 11) is 0. The number of esters is 1. The summed E-state index contributed by atoms with van der Waals surface area (Å²) in [6, 6.07) is 0. The van der Waals surface area contributed by atoms with E-state index in [4.69, 9.17) is 14.2 Å². The molecule has 4 saturated carbocycles. The summed E-state index contributed by atoms with van der Waals surface area (Å²) in [6.45, 7) is 18.0. The van der Waals surface area contributed by atoms with Crippen molar-refractivity contribution in [3.63, 3.8) is 0 Å². The Hall–Kier alpha value is -0.690. The van der Waals surface area contributed by atoms with E-state index in [1.165, 1.54) is 0 Å². The van der Waals surface area contributed by atoms with Crippen molar-refractivity contribution in [2.24, 2.45) is 39.4 Å². The Morgan fingerprint density at radius 3 is 2.45 bits per heavy atom. The van der Waals surface area contributed by atoms with E-state index in [0.717, 1.165) is 51.4 Å². The summed E-state index contributed by atoms with van der Waals surface area (Å²) >= 11 is 0. The largest absolute Gasteiger partial charge is 0.455 e. The molecule has 6 nitrogen and oxygen atoms in total. The molecule has 0 amide bonds. The van der Waals surface area contributed by atoms with E-state index < -0.39 is 28.3 Å². The van der Waals surface area contributed by atoms with Gasteiger partial charge in [-0.3, -0.25) is 4.79 Å². The molecular weight excluding hydrogens is 480 g/mol. The molecule has 1 unspecified atom stereocenters. The van der Waals surface area contributed by atoms with Gasteiger partial charge in [-0.25, -0.2) is 0 Å². The zero-order valence-electron chi connectivity index (χ0n) is 25.1. The Morgan fingerprint density at radius 2 is 1.76 bits per heavy atom. The zero-order valence-corrected chi connectivity index (χ0v) is 25.1. The second-order valence-corrected chi connectivity index (χ2v) is 15.7. The molecule has 0 aromatic carbocycles. The first-order valence-corrected chi connectivity index (χ1v) is 15.5. The van der Waals surface area contributed by atoms with Gasteiger partial charge < -0.3 is 24.4 Å². The Balaban J connectivity index is 1.31. The SMILES string of the molecule is CCOC(C)(C)C(O)CC[C@@H](C)[C@H]1CC[C@]23C(=O)O[C@]4(CC[C@]12C)[C@]31O[C@H]1C[C@H]1C(C)(C)[C@@H](O)CC[C@@]14C. The van der Waals surface area contributed by atoms with Crippen molar-refractivity contribution in [2.45, 2.75) is 148 Å². The standard InChI is InChI=1S/C32H52O6/c1-9-36-27(5,6)23(34)11-10-19(2)20-12-15-30-25(35)38-31(17-16-28(20,30)7)29(8)14-13-22(33)26(3,4)21(29)18-24-32(30,31)37-24/h19-24,33-34H,9-18H2,1-8H3/t19-,20-,21+,22+,23?,24+,28-,29+,30+,31+,32-/m1/s1. The number of hydrogen-bond donors (Lipinski definition) is 2. The van der Waals surface area contributed by atoms with Crippen LogP contribution < -0.4 is 0 Å². The molecule has 2 bridgehead atoms. The van der Waals surface area contributed by atoms with Gasteiger partial charge in [0.05, 0.1) is 23.9 Å². The smallest absolute Gasteiger partial charge is 0.316 e. The average molecular weight is 533 g/mol. The van der Waals surface area contributed by atoms with Crippen LogP contribution in [0.25, 0.3) is 0 Å². The Kier molecular flexibility index (Phi) is 5.77. The molecule has 2 N–H and O–H groups in total. The second kappa shape index (κ2) is 7.98. The maximum absolute atomic E-state index is 14.3. The highest BCUT2D eigenvalue weighted by atomic mass is 16.7. The molecule has 6 fully saturated rings. The van der Waals surface area contributed by atoms with E-state index in [2.05, 4.69) is 34.6 Å². The van der Waals surface area contributed by atoms with Gasteiger partial charge in [-0.1, -0.05) is 34.6 Å². The van der Waals surface area contributed by atoms with Crippen molar-refractivity contribution < 1.29 is 29.2 Å². The van der Waals surface area contributed by atoms with Gasteiger partial charge in [0, 0.05) is 12.0 Å². The molecule has 216 valence electrons. The lowest BCUT2D eigenvalue weighted by molar-refractivity contribution is -0.232. The third kappa shape index (κ3) is 2.82. The first kappa shape index (κ1) is 27.5. The molecule has 4 aliphatic carbocycles. The Morgan fingerprint density at radius 1 is 1.05 bits per heavy atom. The molecule has 11 atom stereocenters. The number of aliphatic hydroxyl groups excluding tert-OH is 2. The molecule has 2 spiro atoms.